The predicted molar refractivity (Wildman–Crippen MR) is 212 cm³/mol. The standard InChI is InChI=1S/C42H64N4O13/c1-11-30-42(8)34(45-40(52)59-42)24(4)31(47)22(2)18-41(7)35(57-37-32(48)29(46(9)10)17-23(3)55-37)25(5)33(26(6)36(49)56-30)53-21-28(19-43-38(50)58-41)44-39(51)54-20-27-15-13-12-14-16-27/h12-16,22-26,28-30,32-35,37,48H,11,17-21H2,1-10H3,(H,43,50)(H,44,51)(H,45,52)/t22-,23-,24+,25+,26-,28?,29+,30-,32-,33+,34+,35-,37+,41-,42-/m1/s1. The number of cyclic esters (lactones) is 1. The van der Waals surface area contributed by atoms with E-state index < -0.39 is 102 Å². The number of esters is 1. The Labute approximate surface area is 346 Å². The molecule has 5 rings (SSSR count). The molecule has 17 heteroatoms. The Balaban J connectivity index is 1.59. The number of nitrogens with zero attached hydrogens (tertiary/aromatic N) is 1. The molecule has 330 valence electrons. The average molecular weight is 833 g/mol. The number of nitrogens with one attached hydrogen (secondary N) is 3. The number of hydrogen-bond donors (Lipinski definition) is 4. The Morgan fingerprint density at radius 2 is 1.69 bits per heavy atom. The van der Waals surface area contributed by atoms with E-state index in [4.69, 9.17) is 33.2 Å². The summed E-state index contributed by atoms with van der Waals surface area (Å²) in [6.07, 6.45) is -7.56. The molecule has 17 nitrogen and oxygen atoms in total. The summed E-state index contributed by atoms with van der Waals surface area (Å²) in [5.41, 5.74) is -2.29. The fourth-order valence-corrected chi connectivity index (χ4v) is 9.29. The first-order valence-corrected chi connectivity index (χ1v) is 20.7. The second-order valence-corrected chi connectivity index (χ2v) is 17.4. The summed E-state index contributed by atoms with van der Waals surface area (Å²) >= 11 is 0. The molecule has 4 saturated heterocycles. The van der Waals surface area contributed by atoms with Gasteiger partial charge in [-0.05, 0) is 66.6 Å². The second-order valence-electron chi connectivity index (χ2n) is 17.4. The minimum atomic E-state index is -1.64. The number of ketones is 1. The van der Waals surface area contributed by atoms with Crippen LogP contribution < -0.4 is 16.0 Å². The maximum atomic E-state index is 14.5. The van der Waals surface area contributed by atoms with Gasteiger partial charge in [0.1, 0.15) is 36.3 Å². The van der Waals surface area contributed by atoms with Crippen LogP contribution in [0.15, 0.2) is 30.3 Å². The summed E-state index contributed by atoms with van der Waals surface area (Å²) in [7, 11) is 3.69. The van der Waals surface area contributed by atoms with Crippen LogP contribution in [0.2, 0.25) is 0 Å². The van der Waals surface area contributed by atoms with Crippen molar-refractivity contribution in [2.24, 2.45) is 23.7 Å². The van der Waals surface area contributed by atoms with Crippen LogP contribution >= 0.6 is 0 Å². The largest absolute Gasteiger partial charge is 0.458 e. The molecular weight excluding hydrogens is 768 g/mol. The van der Waals surface area contributed by atoms with Crippen LogP contribution in [0.3, 0.4) is 0 Å². The van der Waals surface area contributed by atoms with Crippen molar-refractivity contribution in [2.45, 2.75) is 147 Å². The number of rotatable bonds is 7. The Morgan fingerprint density at radius 1 is 1.00 bits per heavy atom. The molecule has 0 spiro atoms. The van der Waals surface area contributed by atoms with E-state index in [0.717, 1.165) is 5.56 Å². The first-order chi connectivity index (χ1) is 27.8. The lowest BCUT2D eigenvalue weighted by molar-refractivity contribution is -0.299. The van der Waals surface area contributed by atoms with Crippen molar-refractivity contribution < 1.29 is 62.2 Å². The molecule has 3 amide bonds. The molecule has 1 aromatic carbocycles. The van der Waals surface area contributed by atoms with Crippen molar-refractivity contribution in [1.29, 1.82) is 0 Å². The first kappa shape index (κ1) is 46.0. The normalized spacial score (nSPS) is 39.9. The number of likely N-dealkylation sites (N-methyl/N-ethyl adjacent to an activating group) is 1. The van der Waals surface area contributed by atoms with Crippen LogP contribution in [-0.2, 0) is 49.4 Å². The molecule has 0 saturated carbocycles. The van der Waals surface area contributed by atoms with E-state index in [-0.39, 0.29) is 50.5 Å². The Bertz CT molecular complexity index is 1650. The van der Waals surface area contributed by atoms with Gasteiger partial charge < -0.3 is 59.1 Å². The van der Waals surface area contributed by atoms with E-state index in [1.165, 1.54) is 0 Å². The number of hydrogen-bond acceptors (Lipinski definition) is 14. The molecule has 4 N–H and O–H groups in total. The molecule has 4 aliphatic heterocycles. The number of aliphatic hydroxyl groups excluding tert-OH is 1. The van der Waals surface area contributed by atoms with Gasteiger partial charge in [-0.3, -0.25) is 9.59 Å². The average Bonchev–Trinajstić information content (AvgIpc) is 3.50. The van der Waals surface area contributed by atoms with Crippen LogP contribution in [-0.4, -0.2) is 133 Å². The molecule has 15 atom stereocenters. The van der Waals surface area contributed by atoms with Gasteiger partial charge in [-0.25, -0.2) is 14.4 Å². The van der Waals surface area contributed by atoms with Gasteiger partial charge in [0.15, 0.2) is 11.9 Å². The Hall–Kier alpha value is -4.03. The zero-order valence-electron chi connectivity index (χ0n) is 35.9. The quantitative estimate of drug-likeness (QED) is 0.228. The summed E-state index contributed by atoms with van der Waals surface area (Å²) in [6.45, 7) is 13.4. The zero-order chi connectivity index (χ0) is 43.4. The monoisotopic (exact) mass is 832 g/mol. The van der Waals surface area contributed by atoms with Crippen molar-refractivity contribution in [3.63, 3.8) is 0 Å². The number of ether oxygens (including phenoxy) is 7. The zero-order valence-corrected chi connectivity index (χ0v) is 35.9. The van der Waals surface area contributed by atoms with E-state index in [9.17, 15) is 29.1 Å². The van der Waals surface area contributed by atoms with Crippen LogP contribution in [0.25, 0.3) is 0 Å². The number of amides is 3. The summed E-state index contributed by atoms with van der Waals surface area (Å²) in [5.74, 6) is -4.45. The fraction of sp³-hybridized carbons (Fsp3) is 0.738. The number of aliphatic hydroxyl groups is 1. The SMILES string of the molecule is CC[C@H]1OC(=O)[C@H](C)[C@H]2OCC(NC(=O)OCc3ccccc3)CNC(=O)O[C@](C)(C[C@@H](C)C(=O)[C@H](C)[C@@H]3NC(=O)O[C@]13C)[C@H](O[C@@H]1O[C@H](C)C[C@H](N(C)C)[C@H]1O)[C@H]2C. The van der Waals surface area contributed by atoms with Crippen LogP contribution in [0.4, 0.5) is 14.4 Å². The molecule has 4 aliphatic rings. The van der Waals surface area contributed by atoms with Gasteiger partial charge >= 0.3 is 24.2 Å². The molecule has 4 fully saturated rings. The minimum Gasteiger partial charge on any atom is -0.458 e. The van der Waals surface area contributed by atoms with Gasteiger partial charge in [0.25, 0.3) is 0 Å². The van der Waals surface area contributed by atoms with E-state index in [1.54, 1.807) is 48.5 Å². The van der Waals surface area contributed by atoms with Crippen molar-refractivity contribution in [3.8, 4) is 0 Å². The topological polar surface area (TPSA) is 210 Å². The molecule has 0 radical (unpaired) electrons. The number of Topliss-reactive ketones (excluding diaryl/α,β-unsaturated/α-hetero) is 1. The third-order valence-electron chi connectivity index (χ3n) is 12.5. The third-order valence-corrected chi connectivity index (χ3v) is 12.5. The van der Waals surface area contributed by atoms with Crippen molar-refractivity contribution in [1.82, 2.24) is 20.9 Å². The minimum absolute atomic E-state index is 0.00324. The maximum Gasteiger partial charge on any atom is 0.408 e. The second kappa shape index (κ2) is 19.1. The first-order valence-electron chi connectivity index (χ1n) is 20.7. The molecule has 4 heterocycles. The van der Waals surface area contributed by atoms with Gasteiger partial charge in [-0.2, -0.15) is 0 Å². The van der Waals surface area contributed by atoms with Crippen molar-refractivity contribution in [3.05, 3.63) is 35.9 Å². The lowest BCUT2D eigenvalue weighted by atomic mass is 9.73. The van der Waals surface area contributed by atoms with Gasteiger partial charge in [0, 0.05) is 30.3 Å². The molecule has 0 aliphatic carbocycles. The summed E-state index contributed by atoms with van der Waals surface area (Å²) in [5, 5.41) is 19.9. The number of carbonyl (C=O) groups excluding carboxylic acids is 5. The van der Waals surface area contributed by atoms with Crippen LogP contribution in [0.1, 0.15) is 80.2 Å². The molecule has 2 bridgehead atoms. The number of fused-ring (bicyclic) bond motifs is 4. The molecule has 1 aromatic rings. The predicted octanol–water partition coefficient (Wildman–Crippen LogP) is 3.68. The highest BCUT2D eigenvalue weighted by atomic mass is 16.7. The van der Waals surface area contributed by atoms with Gasteiger partial charge in [0.05, 0.1) is 36.8 Å². The lowest BCUT2D eigenvalue weighted by Gasteiger charge is -2.48. The van der Waals surface area contributed by atoms with E-state index >= 15 is 0 Å². The molecule has 0 aromatic heterocycles. The van der Waals surface area contributed by atoms with Crippen LogP contribution in [0.5, 0.6) is 0 Å². The van der Waals surface area contributed by atoms with Crippen LogP contribution in [0, 0.1) is 23.7 Å². The molecule has 59 heavy (non-hydrogen) atoms. The third kappa shape index (κ3) is 10.5. The Kier molecular flexibility index (Phi) is 14.9. The number of alkyl carbamates (subject to hydrolysis) is 3. The van der Waals surface area contributed by atoms with Crippen molar-refractivity contribution in [2.75, 3.05) is 27.2 Å². The van der Waals surface area contributed by atoms with E-state index in [2.05, 4.69) is 16.0 Å². The van der Waals surface area contributed by atoms with Crippen molar-refractivity contribution >= 4 is 30.0 Å². The Morgan fingerprint density at radius 3 is 2.36 bits per heavy atom. The molecular formula is C42H64N4O13. The van der Waals surface area contributed by atoms with Gasteiger partial charge in [-0.15, -0.1) is 0 Å². The van der Waals surface area contributed by atoms with Gasteiger partial charge in [0.2, 0.25) is 0 Å². The summed E-state index contributed by atoms with van der Waals surface area (Å²) in [4.78, 5) is 70.6. The highest BCUT2D eigenvalue weighted by Gasteiger charge is 2.58. The lowest BCUT2D eigenvalue weighted by Crippen LogP contribution is -2.61. The van der Waals surface area contributed by atoms with E-state index in [0.29, 0.717) is 6.42 Å². The molecule has 1 unspecified atom stereocenters. The number of benzene rings is 1. The van der Waals surface area contributed by atoms with E-state index in [1.807, 2.05) is 56.3 Å². The summed E-state index contributed by atoms with van der Waals surface area (Å²) < 4.78 is 43.5. The summed E-state index contributed by atoms with van der Waals surface area (Å²) in [6, 6.07) is 7.03. The van der Waals surface area contributed by atoms with Gasteiger partial charge in [-0.1, -0.05) is 58.0 Å². The fourth-order valence-electron chi connectivity index (χ4n) is 9.29. The highest BCUT2D eigenvalue weighted by molar-refractivity contribution is 5.85. The smallest absolute Gasteiger partial charge is 0.408 e. The number of carbonyl (C=O) groups is 5. The highest BCUT2D eigenvalue weighted by Crippen LogP contribution is 2.42. The maximum absolute atomic E-state index is 14.5.